The summed E-state index contributed by atoms with van der Waals surface area (Å²) >= 11 is 0. The summed E-state index contributed by atoms with van der Waals surface area (Å²) in [6.45, 7) is 18.9. The number of hydrogen-bond acceptors (Lipinski definition) is 4. The van der Waals surface area contributed by atoms with Crippen LogP contribution >= 0.6 is 0 Å². The van der Waals surface area contributed by atoms with Gasteiger partial charge in [0.1, 0.15) is 0 Å². The minimum Gasteiger partial charge on any atom is -0.373 e. The van der Waals surface area contributed by atoms with Crippen molar-refractivity contribution in [1.29, 1.82) is 0 Å². The first kappa shape index (κ1) is 23.8. The number of aliphatic hydroxyl groups excluding tert-OH is 1. The molecule has 0 aliphatic rings. The molecule has 24 heavy (non-hydrogen) atoms. The number of hydrogen-bond donors (Lipinski definition) is 2. The lowest BCUT2D eigenvalue weighted by molar-refractivity contribution is -0.203. The second kappa shape index (κ2) is 7.98. The van der Waals surface area contributed by atoms with Crippen molar-refractivity contribution >= 4 is 0 Å². The van der Waals surface area contributed by atoms with Gasteiger partial charge in [0, 0.05) is 11.8 Å². The van der Waals surface area contributed by atoms with E-state index in [-0.39, 0.29) is 24.5 Å². The molecule has 0 aliphatic carbocycles. The monoisotopic (exact) mass is 350 g/mol. The average molecular weight is 351 g/mol. The van der Waals surface area contributed by atoms with Gasteiger partial charge in [-0.3, -0.25) is 0 Å². The fourth-order valence-electron chi connectivity index (χ4n) is 2.12. The third-order valence-corrected chi connectivity index (χ3v) is 5.19. The summed E-state index contributed by atoms with van der Waals surface area (Å²) in [4.78, 5) is 0. The largest absolute Gasteiger partial charge is 0.373 e. The van der Waals surface area contributed by atoms with E-state index in [2.05, 4.69) is 20.8 Å². The van der Waals surface area contributed by atoms with E-state index in [1.54, 1.807) is 6.92 Å². The molecular formula is C19H39FO4. The predicted octanol–water partition coefficient (Wildman–Crippen LogP) is 4.14. The zero-order valence-corrected chi connectivity index (χ0v) is 17.2. The highest BCUT2D eigenvalue weighted by Gasteiger charge is 2.41. The molecule has 4 nitrogen and oxygen atoms in total. The van der Waals surface area contributed by atoms with Crippen molar-refractivity contribution in [3.05, 3.63) is 0 Å². The molecule has 0 spiro atoms. The van der Waals surface area contributed by atoms with Crippen LogP contribution in [0.2, 0.25) is 0 Å². The molecule has 2 N–H and O–H groups in total. The molecule has 0 amide bonds. The molecule has 0 fully saturated rings. The van der Waals surface area contributed by atoms with E-state index in [0.717, 1.165) is 6.92 Å². The molecule has 0 saturated carbocycles. The van der Waals surface area contributed by atoms with Crippen molar-refractivity contribution < 1.29 is 24.1 Å². The van der Waals surface area contributed by atoms with Gasteiger partial charge in [0.25, 0.3) is 0 Å². The van der Waals surface area contributed by atoms with E-state index in [0.29, 0.717) is 0 Å². The summed E-state index contributed by atoms with van der Waals surface area (Å²) in [5.41, 5.74) is -1.24. The van der Waals surface area contributed by atoms with Gasteiger partial charge < -0.3 is 19.7 Å². The molecule has 0 aromatic rings. The van der Waals surface area contributed by atoms with Gasteiger partial charge >= 0.3 is 0 Å². The highest BCUT2D eigenvalue weighted by molar-refractivity contribution is 4.84. The Bertz CT molecular complexity index is 380. The second-order valence-electron chi connectivity index (χ2n) is 9.64. The summed E-state index contributed by atoms with van der Waals surface area (Å²) in [5, 5.41) is 19.8. The standard InChI is InChI=1S/C19H39FO4/c1-13(16(3,4)5)15(21)23-12-18(8,9)24-11-17(6,7)14(2)19(10,20)22/h13-15,21-22H,11-12H2,1-10H3/t13-,14-,15+,19?/m0/s1. The molecule has 5 heteroatoms. The van der Waals surface area contributed by atoms with Gasteiger partial charge in [0.15, 0.2) is 6.29 Å². The number of halogens is 1. The quantitative estimate of drug-likeness (QED) is 0.614. The molecule has 0 heterocycles. The third-order valence-electron chi connectivity index (χ3n) is 5.19. The van der Waals surface area contributed by atoms with Gasteiger partial charge in [-0.1, -0.05) is 48.5 Å². The molecule has 0 aliphatic heterocycles. The van der Waals surface area contributed by atoms with Crippen molar-refractivity contribution in [2.75, 3.05) is 13.2 Å². The van der Waals surface area contributed by atoms with Crippen LogP contribution < -0.4 is 0 Å². The summed E-state index contributed by atoms with van der Waals surface area (Å²) in [6, 6.07) is 0. The van der Waals surface area contributed by atoms with Gasteiger partial charge in [-0.2, -0.15) is 0 Å². The number of aliphatic hydroxyl groups is 2. The lowest BCUT2D eigenvalue weighted by Gasteiger charge is -2.39. The third kappa shape index (κ3) is 7.77. The normalized spacial score (nSPS) is 20.4. The number of ether oxygens (including phenoxy) is 2. The van der Waals surface area contributed by atoms with Gasteiger partial charge in [0.2, 0.25) is 5.85 Å². The van der Waals surface area contributed by atoms with E-state index in [4.69, 9.17) is 9.47 Å². The predicted molar refractivity (Wildman–Crippen MR) is 95.3 cm³/mol. The maximum atomic E-state index is 13.8. The van der Waals surface area contributed by atoms with Crippen molar-refractivity contribution in [2.24, 2.45) is 22.7 Å². The van der Waals surface area contributed by atoms with Crippen LogP contribution in [0.15, 0.2) is 0 Å². The lowest BCUT2D eigenvalue weighted by Crippen LogP contribution is -2.44. The van der Waals surface area contributed by atoms with E-state index in [1.165, 1.54) is 0 Å². The zero-order valence-electron chi connectivity index (χ0n) is 17.2. The van der Waals surface area contributed by atoms with Gasteiger partial charge in [-0.25, -0.2) is 4.39 Å². The van der Waals surface area contributed by atoms with Gasteiger partial charge in [0.05, 0.1) is 18.8 Å². The lowest BCUT2D eigenvalue weighted by atomic mass is 9.77. The zero-order chi connectivity index (χ0) is 19.6. The Morgan fingerprint density at radius 2 is 1.38 bits per heavy atom. The van der Waals surface area contributed by atoms with Crippen molar-refractivity contribution in [3.63, 3.8) is 0 Å². The molecular weight excluding hydrogens is 311 g/mol. The Hall–Kier alpha value is -0.230. The maximum Gasteiger partial charge on any atom is 0.207 e. The molecule has 4 atom stereocenters. The summed E-state index contributed by atoms with van der Waals surface area (Å²) < 4.78 is 25.3. The first-order valence-electron chi connectivity index (χ1n) is 8.75. The van der Waals surface area contributed by atoms with E-state index in [1.807, 2.05) is 34.6 Å². The van der Waals surface area contributed by atoms with E-state index in [9.17, 15) is 14.6 Å². The van der Waals surface area contributed by atoms with Gasteiger partial charge in [-0.15, -0.1) is 0 Å². The van der Waals surface area contributed by atoms with Crippen molar-refractivity contribution in [1.82, 2.24) is 0 Å². The topological polar surface area (TPSA) is 58.9 Å². The van der Waals surface area contributed by atoms with Crippen LogP contribution in [0, 0.1) is 22.7 Å². The van der Waals surface area contributed by atoms with Crippen LogP contribution in [0.25, 0.3) is 0 Å². The van der Waals surface area contributed by atoms with Crippen LogP contribution in [0.3, 0.4) is 0 Å². The Balaban J connectivity index is 4.61. The first-order chi connectivity index (χ1) is 10.4. The van der Waals surface area contributed by atoms with E-state index < -0.39 is 29.1 Å². The minimum atomic E-state index is -2.26. The fraction of sp³-hybridized carbons (Fsp3) is 1.00. The minimum absolute atomic E-state index is 0.0219. The van der Waals surface area contributed by atoms with Crippen LogP contribution in [-0.2, 0) is 9.47 Å². The molecule has 0 saturated heterocycles. The van der Waals surface area contributed by atoms with Crippen molar-refractivity contribution in [2.45, 2.75) is 87.0 Å². The molecule has 146 valence electrons. The maximum absolute atomic E-state index is 13.8. The Morgan fingerprint density at radius 1 is 0.917 bits per heavy atom. The average Bonchev–Trinajstić information content (AvgIpc) is 2.39. The van der Waals surface area contributed by atoms with Crippen molar-refractivity contribution in [3.8, 4) is 0 Å². The number of alkyl halides is 1. The number of rotatable bonds is 9. The molecule has 0 radical (unpaired) electrons. The highest BCUT2D eigenvalue weighted by Crippen LogP contribution is 2.37. The van der Waals surface area contributed by atoms with Crippen LogP contribution in [0.4, 0.5) is 4.39 Å². The van der Waals surface area contributed by atoms with Crippen LogP contribution in [-0.4, -0.2) is 41.2 Å². The summed E-state index contributed by atoms with van der Waals surface area (Å²) in [7, 11) is 0. The molecule has 0 aromatic carbocycles. The Morgan fingerprint density at radius 3 is 1.75 bits per heavy atom. The molecule has 1 unspecified atom stereocenters. The summed E-state index contributed by atoms with van der Waals surface area (Å²) in [5.74, 6) is -2.87. The van der Waals surface area contributed by atoms with Gasteiger partial charge in [-0.05, 0) is 31.6 Å². The van der Waals surface area contributed by atoms with Crippen LogP contribution in [0.1, 0.15) is 69.2 Å². The summed E-state index contributed by atoms with van der Waals surface area (Å²) in [6.07, 6.45) is -0.869. The van der Waals surface area contributed by atoms with E-state index >= 15 is 0 Å². The second-order valence-corrected chi connectivity index (χ2v) is 9.64. The molecule has 0 aromatic heterocycles. The smallest absolute Gasteiger partial charge is 0.207 e. The van der Waals surface area contributed by atoms with Crippen LogP contribution in [0.5, 0.6) is 0 Å². The Kier molecular flexibility index (Phi) is 7.91. The SMILES string of the molecule is C[C@H](C(C)(O)F)C(C)(C)COC(C)(C)CO[C@@H](O)[C@H](C)C(C)(C)C. The highest BCUT2D eigenvalue weighted by atomic mass is 19.2. The Labute approximate surface area is 147 Å². The molecule has 0 bridgehead atoms. The molecule has 0 rings (SSSR count). The fourth-order valence-corrected chi connectivity index (χ4v) is 2.12. The first-order valence-corrected chi connectivity index (χ1v) is 8.75.